The number of amides is 3. The molecule has 81 heavy (non-hydrogen) atoms. The van der Waals surface area contributed by atoms with Gasteiger partial charge in [0, 0.05) is 71.4 Å². The predicted octanol–water partition coefficient (Wildman–Crippen LogP) is 10.1. The van der Waals surface area contributed by atoms with E-state index in [4.69, 9.17) is 69.6 Å². The van der Waals surface area contributed by atoms with Crippen molar-refractivity contribution in [2.45, 2.75) is 55.5 Å². The first-order chi connectivity index (χ1) is 38.0. The van der Waals surface area contributed by atoms with Gasteiger partial charge in [0.2, 0.25) is 17.7 Å². The minimum absolute atomic E-state index is 0.141. The number of rotatable bonds is 9. The molecule has 0 saturated carbocycles. The molecular weight excluding hydrogens is 1250 g/mol. The maximum atomic E-state index is 13.3. The van der Waals surface area contributed by atoms with Gasteiger partial charge in [-0.25, -0.2) is 13.2 Å². The van der Waals surface area contributed by atoms with Gasteiger partial charge in [-0.05, 0) is 127 Å². The number of nitrogens with one attached hydrogen (secondary N) is 6. The smallest absolute Gasteiger partial charge is 0.280 e. The number of anilines is 3. The predicted molar refractivity (Wildman–Crippen MR) is 307 cm³/mol. The first-order valence-corrected chi connectivity index (χ1v) is 30.4. The van der Waals surface area contributed by atoms with Crippen LogP contribution in [0.1, 0.15) is 54.1 Å². The van der Waals surface area contributed by atoms with Crippen LogP contribution in [-0.2, 0) is 45.0 Å². The summed E-state index contributed by atoms with van der Waals surface area (Å²) in [5.41, 5.74) is 2.91. The van der Waals surface area contributed by atoms with Crippen LogP contribution in [0.5, 0.6) is 0 Å². The molecule has 3 aliphatic heterocycles. The van der Waals surface area contributed by atoms with E-state index < -0.39 is 102 Å². The summed E-state index contributed by atoms with van der Waals surface area (Å²) in [4.78, 5) is 38.1. The molecule has 9 rings (SSSR count). The second kappa shape index (κ2) is 26.6. The van der Waals surface area contributed by atoms with E-state index in [1.54, 1.807) is 72.8 Å². The Morgan fingerprint density at radius 2 is 0.630 bits per heavy atom. The Hall–Kier alpha value is -5.13. The number of carbonyl (C=O) groups is 3. The van der Waals surface area contributed by atoms with Gasteiger partial charge in [0.15, 0.2) is 0 Å². The molecule has 3 saturated heterocycles. The van der Waals surface area contributed by atoms with Crippen LogP contribution in [0.4, 0.5) is 30.2 Å². The van der Waals surface area contributed by atoms with Gasteiger partial charge in [0.1, 0.15) is 35.6 Å². The van der Waals surface area contributed by atoms with E-state index in [2.05, 4.69) is 30.1 Å². The zero-order chi connectivity index (χ0) is 59.3. The van der Waals surface area contributed by atoms with Crippen LogP contribution in [0.15, 0.2) is 127 Å². The minimum Gasteiger partial charge on any atom is -0.325 e. The second-order valence-electron chi connectivity index (χ2n) is 18.3. The van der Waals surface area contributed by atoms with E-state index in [1.807, 2.05) is 0 Å². The summed E-state index contributed by atoms with van der Waals surface area (Å²) in [6.07, 6.45) is 0.619. The molecule has 2 unspecified atom stereocenters. The number of nitrogens with zero attached hydrogens (tertiary/aromatic N) is 3. The van der Waals surface area contributed by atoms with Crippen LogP contribution >= 0.6 is 69.6 Å². The van der Waals surface area contributed by atoms with Crippen LogP contribution in [0.25, 0.3) is 0 Å². The van der Waals surface area contributed by atoms with Crippen molar-refractivity contribution in [2.75, 3.05) is 37.1 Å². The molecule has 18 nitrogen and oxygen atoms in total. The Morgan fingerprint density at radius 1 is 0.407 bits per heavy atom. The lowest BCUT2D eigenvalue weighted by Gasteiger charge is -2.36. The lowest BCUT2D eigenvalue weighted by molar-refractivity contribution is -0.120. The summed E-state index contributed by atoms with van der Waals surface area (Å²) in [5.74, 6) is -3.45. The summed E-state index contributed by atoms with van der Waals surface area (Å²) >= 11 is 34.8. The average molecular weight is 1300 g/mol. The van der Waals surface area contributed by atoms with Crippen molar-refractivity contribution in [3.05, 3.63) is 192 Å². The van der Waals surface area contributed by atoms with Gasteiger partial charge in [-0.15, -0.1) is 0 Å². The molecule has 0 spiro atoms. The molecule has 30 heteroatoms. The Balaban J connectivity index is 0.000000175. The maximum Gasteiger partial charge on any atom is 0.280 e. The maximum absolute atomic E-state index is 13.3. The first-order valence-electron chi connectivity index (χ1n) is 23.8. The molecule has 432 valence electrons. The molecule has 6 aromatic rings. The third-order valence-electron chi connectivity index (χ3n) is 13.0. The SMILES string of the molecule is CN1C(C(=O)Nc2ccc(F)c(Cl)c2)CC(c2ccc(Cl)cc2)NS1(=O)=O.CN1[C@@H](C(=O)Nc2ccc(F)c(Cl)c2)C[C@@H](c2ccc(Cl)cc2)NS1(=O)=O.CN1[C@H](C(=O)Nc2ccc(F)c(Cl)c2)C[C@H](c2ccc(Cl)cc2)NS1(=O)=O. The molecule has 0 aliphatic carbocycles. The minimum atomic E-state index is -3.87. The lowest BCUT2D eigenvalue weighted by Crippen LogP contribution is -2.55. The first kappa shape index (κ1) is 63.5. The van der Waals surface area contributed by atoms with Crippen molar-refractivity contribution in [3.63, 3.8) is 0 Å². The summed E-state index contributed by atoms with van der Waals surface area (Å²) in [5, 5.41) is 8.91. The van der Waals surface area contributed by atoms with Crippen molar-refractivity contribution in [1.29, 1.82) is 0 Å². The highest BCUT2D eigenvalue weighted by Gasteiger charge is 2.43. The van der Waals surface area contributed by atoms with E-state index in [0.29, 0.717) is 31.8 Å². The van der Waals surface area contributed by atoms with Crippen LogP contribution in [0, 0.1) is 17.5 Å². The largest absolute Gasteiger partial charge is 0.325 e. The van der Waals surface area contributed by atoms with Crippen LogP contribution in [0.3, 0.4) is 0 Å². The van der Waals surface area contributed by atoms with Gasteiger partial charge in [0.05, 0.1) is 15.1 Å². The summed E-state index contributed by atoms with van der Waals surface area (Å²) in [6, 6.07) is 26.7. The van der Waals surface area contributed by atoms with Crippen molar-refractivity contribution in [1.82, 2.24) is 27.1 Å². The van der Waals surface area contributed by atoms with Crippen molar-refractivity contribution in [3.8, 4) is 0 Å². The average Bonchev–Trinajstić information content (AvgIpc) is 3.41. The monoisotopic (exact) mass is 1290 g/mol. The number of benzene rings is 6. The Labute approximate surface area is 495 Å². The number of likely N-dealkylation sites (N-methyl/N-ethyl adjacent to an activating group) is 3. The van der Waals surface area contributed by atoms with Crippen LogP contribution in [-0.4, -0.2) is 95.2 Å². The van der Waals surface area contributed by atoms with E-state index in [-0.39, 0.29) is 51.4 Å². The van der Waals surface area contributed by atoms with Gasteiger partial charge >= 0.3 is 0 Å². The summed E-state index contributed by atoms with van der Waals surface area (Å²) in [6.45, 7) is 0. The van der Waals surface area contributed by atoms with Crippen LogP contribution in [0.2, 0.25) is 30.1 Å². The molecule has 6 N–H and O–H groups in total. The number of carbonyl (C=O) groups excluding carboxylic acids is 3. The van der Waals surface area contributed by atoms with Crippen molar-refractivity contribution in [2.24, 2.45) is 0 Å². The van der Waals surface area contributed by atoms with Crippen LogP contribution < -0.4 is 30.1 Å². The highest BCUT2D eigenvalue weighted by Crippen LogP contribution is 2.33. The number of halogens is 9. The highest BCUT2D eigenvalue weighted by atomic mass is 35.5. The molecule has 6 atom stereocenters. The fraction of sp³-hybridized carbons (Fsp3) is 0.235. The summed E-state index contributed by atoms with van der Waals surface area (Å²) in [7, 11) is -7.64. The van der Waals surface area contributed by atoms with Gasteiger partial charge in [-0.2, -0.15) is 52.3 Å². The summed E-state index contributed by atoms with van der Waals surface area (Å²) < 4.78 is 125. The third-order valence-corrected chi connectivity index (χ3v) is 19.4. The quantitative estimate of drug-likeness (QED) is 0.0807. The number of hydrogen-bond donors (Lipinski definition) is 6. The van der Waals surface area contributed by atoms with Gasteiger partial charge in [-0.3, -0.25) is 14.4 Å². The third kappa shape index (κ3) is 16.2. The van der Waals surface area contributed by atoms with E-state index >= 15 is 0 Å². The zero-order valence-corrected chi connectivity index (χ0v) is 49.3. The Morgan fingerprint density at radius 3 is 0.840 bits per heavy atom. The van der Waals surface area contributed by atoms with E-state index in [9.17, 15) is 52.8 Å². The zero-order valence-electron chi connectivity index (χ0n) is 42.4. The van der Waals surface area contributed by atoms with Gasteiger partial charge in [-0.1, -0.05) is 106 Å². The van der Waals surface area contributed by atoms with Crippen molar-refractivity contribution >= 4 is 135 Å². The molecular formula is C51H48Cl6F3N9O9S3. The molecule has 3 fully saturated rings. The standard InChI is InChI=1S/3C17H16Cl2FN3O3S/c3*1-23-16(17(24)21-12-6-7-14(20)13(19)8-12)9-15(22-27(23,25)26)10-2-4-11(18)5-3-10/h3*2-8,15-16,22H,9H2,1H3,(H,21,24)/t2*15-,16+;/m10./s1. The second-order valence-corrected chi connectivity index (χ2v) is 26.2. The van der Waals surface area contributed by atoms with Gasteiger partial charge < -0.3 is 16.0 Å². The highest BCUT2D eigenvalue weighted by molar-refractivity contribution is 7.87. The Bertz CT molecular complexity index is 3290. The Kier molecular flexibility index (Phi) is 20.9. The molecule has 0 bridgehead atoms. The molecule has 3 heterocycles. The van der Waals surface area contributed by atoms with Crippen molar-refractivity contribution < 1.29 is 52.8 Å². The van der Waals surface area contributed by atoms with E-state index in [0.717, 1.165) is 31.1 Å². The molecule has 0 radical (unpaired) electrons. The molecule has 0 aromatic heterocycles. The molecule has 6 aromatic carbocycles. The molecule has 3 aliphatic rings. The molecule has 3 amide bonds. The van der Waals surface area contributed by atoms with E-state index in [1.165, 1.54) is 57.5 Å². The lowest BCUT2D eigenvalue weighted by atomic mass is 9.99. The normalized spacial score (nSPS) is 22.4. The fourth-order valence-electron chi connectivity index (χ4n) is 8.46. The topological polar surface area (TPSA) is 236 Å². The van der Waals surface area contributed by atoms with Gasteiger partial charge in [0.25, 0.3) is 30.6 Å². The number of hydrogen-bond acceptors (Lipinski definition) is 9. The fourth-order valence-corrected chi connectivity index (χ4v) is 13.2.